The Hall–Kier alpha value is -3.13. The molecule has 3 aromatic rings. The van der Waals surface area contributed by atoms with Crippen molar-refractivity contribution < 1.29 is 9.59 Å². The minimum absolute atomic E-state index is 0.0644. The molecule has 1 fully saturated rings. The van der Waals surface area contributed by atoms with Crippen LogP contribution in [0.2, 0.25) is 5.02 Å². The molecule has 0 radical (unpaired) electrons. The van der Waals surface area contributed by atoms with Crippen molar-refractivity contribution in [1.29, 1.82) is 0 Å². The van der Waals surface area contributed by atoms with E-state index in [2.05, 4.69) is 20.8 Å². The van der Waals surface area contributed by atoms with Gasteiger partial charge in [-0.3, -0.25) is 19.0 Å². The molecule has 1 saturated carbocycles. The average molecular weight is 455 g/mol. The highest BCUT2D eigenvalue weighted by molar-refractivity contribution is 6.31. The highest BCUT2D eigenvalue weighted by Gasteiger charge is 2.21. The molecule has 0 aliphatic heterocycles. The summed E-state index contributed by atoms with van der Waals surface area (Å²) >= 11 is 6.27. The zero-order valence-corrected chi connectivity index (χ0v) is 19.0. The molecule has 0 spiro atoms. The van der Waals surface area contributed by atoms with Gasteiger partial charge in [-0.2, -0.15) is 10.2 Å². The van der Waals surface area contributed by atoms with E-state index in [9.17, 15) is 9.59 Å². The van der Waals surface area contributed by atoms with Crippen LogP contribution in [0.15, 0.2) is 36.7 Å². The largest absolute Gasteiger partial charge is 0.352 e. The standard InChI is InChI=1S/C23H27ClN6O2/c1-15-22(16(2)30(28-15)12-17-7-3-6-10-20(17)24)23(32)27-19-11-25-29(13-19)14-21(31)26-18-8-4-5-9-18/h3,6-7,10-11,13,18H,4-5,8-9,12,14H2,1-2H3,(H,26,31)(H,27,32). The number of carbonyl (C=O) groups is 2. The molecule has 9 heteroatoms. The van der Waals surface area contributed by atoms with Crippen molar-refractivity contribution in [2.24, 2.45) is 0 Å². The van der Waals surface area contributed by atoms with Crippen molar-refractivity contribution in [2.75, 3.05) is 5.32 Å². The third-order valence-corrected chi connectivity index (χ3v) is 6.17. The Balaban J connectivity index is 1.40. The van der Waals surface area contributed by atoms with Gasteiger partial charge in [0.1, 0.15) is 6.54 Å². The fourth-order valence-electron chi connectivity index (χ4n) is 4.17. The third-order valence-electron chi connectivity index (χ3n) is 5.80. The van der Waals surface area contributed by atoms with Crippen molar-refractivity contribution in [3.8, 4) is 0 Å². The molecule has 168 valence electrons. The molecule has 1 aromatic carbocycles. The van der Waals surface area contributed by atoms with Gasteiger partial charge in [-0.25, -0.2) is 0 Å². The Labute approximate surface area is 191 Å². The number of aryl methyl sites for hydroxylation is 1. The Morgan fingerprint density at radius 1 is 1.19 bits per heavy atom. The van der Waals surface area contributed by atoms with Crippen LogP contribution in [-0.2, 0) is 17.9 Å². The lowest BCUT2D eigenvalue weighted by molar-refractivity contribution is -0.122. The Kier molecular flexibility index (Phi) is 6.60. The molecule has 8 nitrogen and oxygen atoms in total. The van der Waals surface area contributed by atoms with Crippen molar-refractivity contribution in [3.05, 3.63) is 64.2 Å². The predicted molar refractivity (Wildman–Crippen MR) is 123 cm³/mol. The number of hydrogen-bond acceptors (Lipinski definition) is 4. The van der Waals surface area contributed by atoms with E-state index in [1.54, 1.807) is 17.1 Å². The van der Waals surface area contributed by atoms with Gasteiger partial charge in [0.25, 0.3) is 5.91 Å². The summed E-state index contributed by atoms with van der Waals surface area (Å²) in [6.07, 6.45) is 7.60. The van der Waals surface area contributed by atoms with Gasteiger partial charge in [0.05, 0.1) is 29.7 Å². The summed E-state index contributed by atoms with van der Waals surface area (Å²) in [6, 6.07) is 7.85. The van der Waals surface area contributed by atoms with Crippen LogP contribution in [0.3, 0.4) is 0 Å². The first-order valence-electron chi connectivity index (χ1n) is 10.8. The molecule has 4 rings (SSSR count). The van der Waals surface area contributed by atoms with Crippen molar-refractivity contribution in [2.45, 2.75) is 58.7 Å². The minimum Gasteiger partial charge on any atom is -0.352 e. The van der Waals surface area contributed by atoms with E-state index >= 15 is 0 Å². The van der Waals surface area contributed by atoms with Gasteiger partial charge < -0.3 is 10.6 Å². The molecular formula is C23H27ClN6O2. The molecule has 2 N–H and O–H groups in total. The first-order chi connectivity index (χ1) is 15.4. The quantitative estimate of drug-likeness (QED) is 0.569. The molecular weight excluding hydrogens is 428 g/mol. The highest BCUT2D eigenvalue weighted by Crippen LogP contribution is 2.21. The molecule has 2 amide bonds. The molecule has 0 unspecified atom stereocenters. The first-order valence-corrected chi connectivity index (χ1v) is 11.2. The number of halogens is 1. The van der Waals surface area contributed by atoms with Crippen LogP contribution in [0.5, 0.6) is 0 Å². The fraction of sp³-hybridized carbons (Fsp3) is 0.391. The summed E-state index contributed by atoms with van der Waals surface area (Å²) in [5.74, 6) is -0.328. The molecule has 2 aromatic heterocycles. The highest BCUT2D eigenvalue weighted by atomic mass is 35.5. The predicted octanol–water partition coefficient (Wildman–Crippen LogP) is 3.71. The zero-order valence-electron chi connectivity index (χ0n) is 18.3. The number of carbonyl (C=O) groups excluding carboxylic acids is 2. The maximum atomic E-state index is 12.9. The second-order valence-electron chi connectivity index (χ2n) is 8.22. The SMILES string of the molecule is Cc1nn(Cc2ccccc2Cl)c(C)c1C(=O)Nc1cnn(CC(=O)NC2CCCC2)c1. The lowest BCUT2D eigenvalue weighted by Crippen LogP contribution is -2.35. The number of anilines is 1. The van der Waals surface area contributed by atoms with Gasteiger partial charge in [-0.05, 0) is 38.3 Å². The number of rotatable bonds is 7. The summed E-state index contributed by atoms with van der Waals surface area (Å²) in [5, 5.41) is 15.3. The number of nitrogens with one attached hydrogen (secondary N) is 2. The van der Waals surface area contributed by atoms with E-state index < -0.39 is 0 Å². The summed E-state index contributed by atoms with van der Waals surface area (Å²) in [7, 11) is 0. The lowest BCUT2D eigenvalue weighted by atomic mass is 10.1. The van der Waals surface area contributed by atoms with Gasteiger partial charge in [0, 0.05) is 23.0 Å². The number of hydrogen-bond donors (Lipinski definition) is 2. The monoisotopic (exact) mass is 454 g/mol. The van der Waals surface area contributed by atoms with Crippen LogP contribution in [0.1, 0.15) is 53.0 Å². The molecule has 0 bridgehead atoms. The summed E-state index contributed by atoms with van der Waals surface area (Å²) in [6.45, 7) is 4.28. The zero-order chi connectivity index (χ0) is 22.7. The van der Waals surface area contributed by atoms with Crippen LogP contribution in [0.25, 0.3) is 0 Å². The van der Waals surface area contributed by atoms with E-state index in [0.717, 1.165) is 36.9 Å². The van der Waals surface area contributed by atoms with Gasteiger partial charge in [0.15, 0.2) is 0 Å². The Morgan fingerprint density at radius 3 is 2.69 bits per heavy atom. The molecule has 32 heavy (non-hydrogen) atoms. The molecule has 0 saturated heterocycles. The lowest BCUT2D eigenvalue weighted by Gasteiger charge is -2.11. The number of aromatic nitrogens is 4. The maximum Gasteiger partial charge on any atom is 0.259 e. The van der Waals surface area contributed by atoms with E-state index in [1.165, 1.54) is 4.68 Å². The third kappa shape index (κ3) is 5.02. The van der Waals surface area contributed by atoms with Crippen LogP contribution in [0.4, 0.5) is 5.69 Å². The van der Waals surface area contributed by atoms with E-state index in [-0.39, 0.29) is 24.4 Å². The summed E-state index contributed by atoms with van der Waals surface area (Å²) in [5.41, 5.74) is 3.37. The van der Waals surface area contributed by atoms with E-state index in [1.807, 2.05) is 38.1 Å². The molecule has 0 atom stereocenters. The smallest absolute Gasteiger partial charge is 0.259 e. The van der Waals surface area contributed by atoms with Crippen LogP contribution in [0, 0.1) is 13.8 Å². The Bertz CT molecular complexity index is 1130. The van der Waals surface area contributed by atoms with Crippen molar-refractivity contribution in [1.82, 2.24) is 24.9 Å². The second kappa shape index (κ2) is 9.56. The normalized spacial score (nSPS) is 14.0. The van der Waals surface area contributed by atoms with Crippen molar-refractivity contribution >= 4 is 29.1 Å². The van der Waals surface area contributed by atoms with Crippen LogP contribution < -0.4 is 10.6 Å². The van der Waals surface area contributed by atoms with E-state index in [4.69, 9.17) is 11.6 Å². The van der Waals surface area contributed by atoms with Crippen LogP contribution >= 0.6 is 11.6 Å². The molecule has 1 aliphatic carbocycles. The second-order valence-corrected chi connectivity index (χ2v) is 8.63. The fourth-order valence-corrected chi connectivity index (χ4v) is 4.36. The Morgan fingerprint density at radius 2 is 1.94 bits per heavy atom. The summed E-state index contributed by atoms with van der Waals surface area (Å²) in [4.78, 5) is 25.2. The first kappa shape index (κ1) is 22.1. The molecule has 2 heterocycles. The summed E-state index contributed by atoms with van der Waals surface area (Å²) < 4.78 is 3.31. The van der Waals surface area contributed by atoms with E-state index in [0.29, 0.717) is 28.5 Å². The number of benzene rings is 1. The topological polar surface area (TPSA) is 93.8 Å². The number of nitrogens with zero attached hydrogens (tertiary/aromatic N) is 4. The minimum atomic E-state index is -0.264. The van der Waals surface area contributed by atoms with Crippen molar-refractivity contribution in [3.63, 3.8) is 0 Å². The maximum absolute atomic E-state index is 12.9. The van der Waals surface area contributed by atoms with Gasteiger partial charge >= 0.3 is 0 Å². The van der Waals surface area contributed by atoms with Gasteiger partial charge in [0.2, 0.25) is 5.91 Å². The molecule has 1 aliphatic rings. The number of amides is 2. The average Bonchev–Trinajstić information content (AvgIpc) is 3.46. The van der Waals surface area contributed by atoms with Crippen LogP contribution in [-0.4, -0.2) is 37.4 Å². The van der Waals surface area contributed by atoms with Gasteiger partial charge in [-0.1, -0.05) is 42.6 Å². The van der Waals surface area contributed by atoms with Gasteiger partial charge in [-0.15, -0.1) is 0 Å².